The molecule has 2 rings (SSSR count). The largest absolute Gasteiger partial charge is 0.330 e. The Kier molecular flexibility index (Phi) is 3.27. The zero-order valence-electron chi connectivity index (χ0n) is 10.1. The first kappa shape index (κ1) is 12.6. The van der Waals surface area contributed by atoms with Crippen LogP contribution in [-0.4, -0.2) is 12.5 Å². The van der Waals surface area contributed by atoms with Gasteiger partial charge in [-0.1, -0.05) is 6.07 Å². The summed E-state index contributed by atoms with van der Waals surface area (Å²) in [5.41, 5.74) is 8.29. The Morgan fingerprint density at radius 3 is 2.76 bits per heavy atom. The second kappa shape index (κ2) is 4.42. The molecule has 17 heavy (non-hydrogen) atoms. The van der Waals surface area contributed by atoms with Gasteiger partial charge in [-0.2, -0.15) is 0 Å². The van der Waals surface area contributed by atoms with Crippen LogP contribution in [0, 0.1) is 0 Å². The van der Waals surface area contributed by atoms with Crippen molar-refractivity contribution in [2.75, 3.05) is 11.9 Å². The van der Waals surface area contributed by atoms with E-state index in [2.05, 4.69) is 33.4 Å². The van der Waals surface area contributed by atoms with E-state index in [1.54, 1.807) is 0 Å². The van der Waals surface area contributed by atoms with E-state index in [9.17, 15) is 4.79 Å². The van der Waals surface area contributed by atoms with Gasteiger partial charge in [0.1, 0.15) is 0 Å². The fraction of sp³-hybridized carbons (Fsp3) is 0.462. The number of carbonyl (C=O) groups excluding carboxylic acids is 1. The normalized spacial score (nSPS) is 16.8. The fourth-order valence-corrected chi connectivity index (χ4v) is 2.73. The second-order valence-electron chi connectivity index (χ2n) is 4.97. The summed E-state index contributed by atoms with van der Waals surface area (Å²) in [6, 6.07) is 4.18. The van der Waals surface area contributed by atoms with Crippen LogP contribution in [0.2, 0.25) is 0 Å². The van der Waals surface area contributed by atoms with E-state index in [-0.39, 0.29) is 5.91 Å². The summed E-state index contributed by atoms with van der Waals surface area (Å²) < 4.78 is 0.959. The van der Waals surface area contributed by atoms with E-state index in [0.29, 0.717) is 6.54 Å². The van der Waals surface area contributed by atoms with Crippen LogP contribution in [-0.2, 0) is 16.6 Å². The number of amides is 1. The molecule has 4 heteroatoms. The Bertz CT molecular complexity index is 469. The Morgan fingerprint density at radius 2 is 2.12 bits per heavy atom. The van der Waals surface area contributed by atoms with Gasteiger partial charge in [-0.25, -0.2) is 0 Å². The van der Waals surface area contributed by atoms with Crippen molar-refractivity contribution >= 4 is 27.5 Å². The zero-order valence-corrected chi connectivity index (χ0v) is 11.7. The predicted molar refractivity (Wildman–Crippen MR) is 73.2 cm³/mol. The molecule has 1 aromatic carbocycles. The molecular formula is C13H17BrN2O. The molecule has 0 saturated carbocycles. The summed E-state index contributed by atoms with van der Waals surface area (Å²) in [5.74, 6) is 0.0594. The van der Waals surface area contributed by atoms with Gasteiger partial charge in [0.05, 0.1) is 11.1 Å². The lowest BCUT2D eigenvalue weighted by Crippen LogP contribution is -2.26. The number of hydrogen-bond acceptors (Lipinski definition) is 2. The summed E-state index contributed by atoms with van der Waals surface area (Å²) in [7, 11) is 0. The molecule has 0 atom stereocenters. The molecule has 0 aromatic heterocycles. The molecule has 0 saturated heterocycles. The first-order valence-corrected chi connectivity index (χ1v) is 6.60. The minimum Gasteiger partial charge on any atom is -0.330 e. The highest BCUT2D eigenvalue weighted by Crippen LogP contribution is 2.42. The topological polar surface area (TPSA) is 55.1 Å². The first-order valence-electron chi connectivity index (χ1n) is 5.81. The van der Waals surface area contributed by atoms with Crippen molar-refractivity contribution in [2.45, 2.75) is 32.1 Å². The molecular weight excluding hydrogens is 280 g/mol. The number of fused-ring (bicyclic) bond motifs is 1. The van der Waals surface area contributed by atoms with Crippen LogP contribution in [0.3, 0.4) is 0 Å². The number of benzene rings is 1. The summed E-state index contributed by atoms with van der Waals surface area (Å²) >= 11 is 3.52. The Hall–Kier alpha value is -0.870. The molecule has 0 aliphatic carbocycles. The standard InChI is InChI=1S/C13H17BrN2O/c1-13(2)9-6-8(4-3-5-15)7-10(14)11(9)16-12(13)17/h6-7H,3-5,15H2,1-2H3,(H,16,17). The van der Waals surface area contributed by atoms with Crippen molar-refractivity contribution in [2.24, 2.45) is 5.73 Å². The van der Waals surface area contributed by atoms with E-state index in [0.717, 1.165) is 28.6 Å². The highest BCUT2D eigenvalue weighted by atomic mass is 79.9. The Balaban J connectivity index is 2.44. The van der Waals surface area contributed by atoms with Gasteiger partial charge in [0.15, 0.2) is 0 Å². The quantitative estimate of drug-likeness (QED) is 0.901. The van der Waals surface area contributed by atoms with Gasteiger partial charge < -0.3 is 11.1 Å². The Labute approximate surface area is 110 Å². The van der Waals surface area contributed by atoms with Crippen LogP contribution in [0.15, 0.2) is 16.6 Å². The second-order valence-corrected chi connectivity index (χ2v) is 5.83. The molecule has 1 amide bonds. The summed E-state index contributed by atoms with van der Waals surface area (Å²) in [5, 5.41) is 2.93. The zero-order chi connectivity index (χ0) is 12.6. The smallest absolute Gasteiger partial charge is 0.234 e. The highest BCUT2D eigenvalue weighted by Gasteiger charge is 2.39. The predicted octanol–water partition coefficient (Wildman–Crippen LogP) is 2.57. The summed E-state index contributed by atoms with van der Waals surface area (Å²) in [6.45, 7) is 4.59. The maximum atomic E-state index is 11.9. The first-order chi connectivity index (χ1) is 7.96. The lowest BCUT2D eigenvalue weighted by molar-refractivity contribution is -0.119. The summed E-state index contributed by atoms with van der Waals surface area (Å²) in [4.78, 5) is 11.9. The van der Waals surface area contributed by atoms with Crippen LogP contribution in [0.4, 0.5) is 5.69 Å². The van der Waals surface area contributed by atoms with Gasteiger partial charge in [0, 0.05) is 4.47 Å². The third-order valence-corrected chi connectivity index (χ3v) is 3.92. The lowest BCUT2D eigenvalue weighted by Gasteiger charge is -2.16. The molecule has 1 aliphatic rings. The number of nitrogens with two attached hydrogens (primary N) is 1. The molecule has 3 N–H and O–H groups in total. The van der Waals surface area contributed by atoms with E-state index < -0.39 is 5.41 Å². The van der Waals surface area contributed by atoms with Crippen molar-refractivity contribution in [3.8, 4) is 0 Å². The molecule has 1 aromatic rings. The average molecular weight is 297 g/mol. The minimum absolute atomic E-state index is 0.0594. The molecule has 0 radical (unpaired) electrons. The third-order valence-electron chi connectivity index (χ3n) is 3.30. The number of hydrogen-bond donors (Lipinski definition) is 2. The number of halogens is 1. The average Bonchev–Trinajstić information content (AvgIpc) is 2.50. The van der Waals surface area contributed by atoms with Crippen molar-refractivity contribution in [1.29, 1.82) is 0 Å². The third kappa shape index (κ3) is 2.11. The molecule has 1 aliphatic heterocycles. The maximum Gasteiger partial charge on any atom is 0.234 e. The monoisotopic (exact) mass is 296 g/mol. The van der Waals surface area contributed by atoms with Gasteiger partial charge in [-0.05, 0) is 66.4 Å². The molecule has 0 unspecified atom stereocenters. The van der Waals surface area contributed by atoms with E-state index in [1.807, 2.05) is 13.8 Å². The molecule has 3 nitrogen and oxygen atoms in total. The number of rotatable bonds is 3. The van der Waals surface area contributed by atoms with E-state index >= 15 is 0 Å². The molecule has 0 fully saturated rings. The molecule has 92 valence electrons. The molecule has 0 bridgehead atoms. The van der Waals surface area contributed by atoms with Gasteiger partial charge in [0.25, 0.3) is 0 Å². The lowest BCUT2D eigenvalue weighted by atomic mass is 9.85. The summed E-state index contributed by atoms with van der Waals surface area (Å²) in [6.07, 6.45) is 1.92. The van der Waals surface area contributed by atoms with E-state index in [4.69, 9.17) is 5.73 Å². The van der Waals surface area contributed by atoms with Crippen LogP contribution < -0.4 is 11.1 Å². The Morgan fingerprint density at radius 1 is 1.41 bits per heavy atom. The number of anilines is 1. The van der Waals surface area contributed by atoms with Crippen molar-refractivity contribution < 1.29 is 4.79 Å². The van der Waals surface area contributed by atoms with E-state index in [1.165, 1.54) is 5.56 Å². The van der Waals surface area contributed by atoms with Crippen molar-refractivity contribution in [1.82, 2.24) is 0 Å². The molecule has 1 heterocycles. The SMILES string of the molecule is CC1(C)C(=O)Nc2c(Br)cc(CCCN)cc21. The molecule has 0 spiro atoms. The number of carbonyl (C=O) groups is 1. The van der Waals surface area contributed by atoms with Crippen LogP contribution >= 0.6 is 15.9 Å². The van der Waals surface area contributed by atoms with Gasteiger partial charge in [0.2, 0.25) is 5.91 Å². The van der Waals surface area contributed by atoms with Gasteiger partial charge in [-0.15, -0.1) is 0 Å². The van der Waals surface area contributed by atoms with Crippen LogP contribution in [0.5, 0.6) is 0 Å². The van der Waals surface area contributed by atoms with Gasteiger partial charge in [-0.3, -0.25) is 4.79 Å². The van der Waals surface area contributed by atoms with Crippen LogP contribution in [0.1, 0.15) is 31.4 Å². The maximum absolute atomic E-state index is 11.9. The fourth-order valence-electron chi connectivity index (χ4n) is 2.13. The highest BCUT2D eigenvalue weighted by molar-refractivity contribution is 9.10. The minimum atomic E-state index is -0.448. The van der Waals surface area contributed by atoms with Gasteiger partial charge >= 0.3 is 0 Å². The number of aryl methyl sites for hydroxylation is 1. The van der Waals surface area contributed by atoms with Crippen molar-refractivity contribution in [3.05, 3.63) is 27.7 Å². The van der Waals surface area contributed by atoms with Crippen LogP contribution in [0.25, 0.3) is 0 Å². The van der Waals surface area contributed by atoms with Crippen molar-refractivity contribution in [3.63, 3.8) is 0 Å². The number of nitrogens with one attached hydrogen (secondary N) is 1.